The third-order valence-corrected chi connectivity index (χ3v) is 6.62. The number of benzene rings is 1. The molecule has 1 N–H and O–H groups in total. The zero-order valence-electron chi connectivity index (χ0n) is 20.5. The Bertz CT molecular complexity index is 1190. The second-order valence-electron chi connectivity index (χ2n) is 9.51. The monoisotopic (exact) mass is 466 g/mol. The second kappa shape index (κ2) is 10.5. The Balaban J connectivity index is 1.73. The zero-order valence-corrected chi connectivity index (χ0v) is 20.5. The first kappa shape index (κ1) is 24.1. The molecule has 2 aromatic heterocycles. The first-order chi connectivity index (χ1) is 16.4. The van der Waals surface area contributed by atoms with Crippen LogP contribution in [0.5, 0.6) is 0 Å². The SMILES string of the molecule is CCOC(=O)Cn1nnnc1[C@@H](C(C)C)N(Cc1cc2cc(C)ccc2[nH]c1=O)C1CCCC1. The summed E-state index contributed by atoms with van der Waals surface area (Å²) in [4.78, 5) is 30.6. The fourth-order valence-electron chi connectivity index (χ4n) is 5.07. The van der Waals surface area contributed by atoms with E-state index >= 15 is 0 Å². The third-order valence-electron chi connectivity index (χ3n) is 6.62. The number of tetrazole rings is 1. The Morgan fingerprint density at radius 1 is 1.26 bits per heavy atom. The van der Waals surface area contributed by atoms with E-state index in [0.717, 1.165) is 47.7 Å². The molecule has 1 aromatic carbocycles. The molecule has 1 fully saturated rings. The van der Waals surface area contributed by atoms with Crippen LogP contribution in [0.2, 0.25) is 0 Å². The molecule has 0 radical (unpaired) electrons. The van der Waals surface area contributed by atoms with E-state index in [-0.39, 0.29) is 30.0 Å². The van der Waals surface area contributed by atoms with Crippen molar-refractivity contribution in [3.8, 4) is 0 Å². The summed E-state index contributed by atoms with van der Waals surface area (Å²) in [5.74, 6) is 0.421. The minimum absolute atomic E-state index is 0.0340. The summed E-state index contributed by atoms with van der Waals surface area (Å²) in [5, 5.41) is 13.3. The number of aromatic amines is 1. The van der Waals surface area contributed by atoms with Gasteiger partial charge >= 0.3 is 5.97 Å². The summed E-state index contributed by atoms with van der Waals surface area (Å²) in [5.41, 5.74) is 2.63. The number of carbonyl (C=O) groups is 1. The number of rotatable bonds is 9. The average Bonchev–Trinajstić information content (AvgIpc) is 3.46. The van der Waals surface area contributed by atoms with Gasteiger partial charge in [-0.2, -0.15) is 0 Å². The summed E-state index contributed by atoms with van der Waals surface area (Å²) in [6, 6.07) is 8.20. The van der Waals surface area contributed by atoms with Crippen molar-refractivity contribution in [2.45, 2.75) is 78.6 Å². The number of ether oxygens (including phenoxy) is 1. The predicted molar refractivity (Wildman–Crippen MR) is 129 cm³/mol. The van der Waals surface area contributed by atoms with Crippen molar-refractivity contribution in [3.63, 3.8) is 0 Å². The van der Waals surface area contributed by atoms with Crippen molar-refractivity contribution in [2.24, 2.45) is 5.92 Å². The first-order valence-corrected chi connectivity index (χ1v) is 12.2. The maximum atomic E-state index is 13.0. The number of esters is 1. The van der Waals surface area contributed by atoms with E-state index in [1.54, 1.807) is 11.6 Å². The van der Waals surface area contributed by atoms with Crippen LogP contribution in [0.1, 0.15) is 69.4 Å². The maximum absolute atomic E-state index is 13.0. The molecular formula is C25H34N6O3. The van der Waals surface area contributed by atoms with Gasteiger partial charge in [-0.3, -0.25) is 14.5 Å². The standard InChI is InChI=1S/C25H34N6O3/c1-5-34-22(32)15-31-24(27-28-29-31)23(16(2)3)30(20-8-6-7-9-20)14-19-13-18-12-17(4)10-11-21(18)26-25(19)33/h10-13,16,20,23H,5-9,14-15H2,1-4H3,(H,26,33)/t23-/m1/s1. The van der Waals surface area contributed by atoms with Gasteiger partial charge in [0.05, 0.1) is 12.6 Å². The zero-order chi connectivity index (χ0) is 24.2. The number of hydrogen-bond acceptors (Lipinski definition) is 7. The Kier molecular flexibility index (Phi) is 7.41. The fraction of sp³-hybridized carbons (Fsp3) is 0.560. The summed E-state index contributed by atoms with van der Waals surface area (Å²) >= 11 is 0. The number of hydrogen-bond donors (Lipinski definition) is 1. The lowest BCUT2D eigenvalue weighted by Crippen LogP contribution is -2.41. The number of H-pyrrole nitrogens is 1. The molecule has 0 bridgehead atoms. The van der Waals surface area contributed by atoms with Gasteiger partial charge in [0.15, 0.2) is 5.82 Å². The number of nitrogens with zero attached hydrogens (tertiary/aromatic N) is 5. The quantitative estimate of drug-likeness (QED) is 0.481. The van der Waals surface area contributed by atoms with Gasteiger partial charge in [-0.1, -0.05) is 38.3 Å². The van der Waals surface area contributed by atoms with Crippen LogP contribution in [0.3, 0.4) is 0 Å². The van der Waals surface area contributed by atoms with Gasteiger partial charge in [0.25, 0.3) is 5.56 Å². The van der Waals surface area contributed by atoms with Crippen LogP contribution >= 0.6 is 0 Å². The molecule has 1 aliphatic rings. The molecule has 2 heterocycles. The van der Waals surface area contributed by atoms with Gasteiger partial charge in [-0.05, 0) is 66.6 Å². The van der Waals surface area contributed by atoms with Crippen molar-refractivity contribution in [1.82, 2.24) is 30.1 Å². The molecule has 0 amide bonds. The summed E-state index contributed by atoms with van der Waals surface area (Å²) in [6.45, 7) is 8.84. The van der Waals surface area contributed by atoms with Gasteiger partial charge in [0.2, 0.25) is 0 Å². The van der Waals surface area contributed by atoms with Gasteiger partial charge in [0, 0.05) is 23.7 Å². The Hall–Kier alpha value is -3.07. The molecule has 182 valence electrons. The highest BCUT2D eigenvalue weighted by molar-refractivity contribution is 5.79. The van der Waals surface area contributed by atoms with Crippen molar-refractivity contribution < 1.29 is 9.53 Å². The highest BCUT2D eigenvalue weighted by Crippen LogP contribution is 2.35. The lowest BCUT2D eigenvalue weighted by atomic mass is 9.97. The number of pyridine rings is 1. The van der Waals surface area contributed by atoms with Crippen LogP contribution in [0.15, 0.2) is 29.1 Å². The van der Waals surface area contributed by atoms with Crippen molar-refractivity contribution in [2.75, 3.05) is 6.61 Å². The molecule has 4 rings (SSSR count). The Morgan fingerprint density at radius 3 is 2.74 bits per heavy atom. The number of nitrogens with one attached hydrogen (secondary N) is 1. The molecular weight excluding hydrogens is 432 g/mol. The minimum atomic E-state index is -0.368. The Labute approximate surface area is 199 Å². The Morgan fingerprint density at radius 2 is 2.03 bits per heavy atom. The average molecular weight is 467 g/mol. The van der Waals surface area contributed by atoms with E-state index in [1.807, 2.05) is 25.1 Å². The molecule has 34 heavy (non-hydrogen) atoms. The van der Waals surface area contributed by atoms with Crippen LogP contribution in [-0.4, -0.2) is 48.7 Å². The van der Waals surface area contributed by atoms with E-state index in [9.17, 15) is 9.59 Å². The van der Waals surface area contributed by atoms with Gasteiger partial charge in [0.1, 0.15) is 6.54 Å². The smallest absolute Gasteiger partial charge is 0.327 e. The lowest BCUT2D eigenvalue weighted by molar-refractivity contribution is -0.144. The van der Waals surface area contributed by atoms with Crippen LogP contribution < -0.4 is 5.56 Å². The largest absolute Gasteiger partial charge is 0.465 e. The number of carbonyl (C=O) groups excluding carboxylic acids is 1. The number of fused-ring (bicyclic) bond motifs is 1. The van der Waals surface area contributed by atoms with E-state index in [2.05, 4.69) is 45.3 Å². The predicted octanol–water partition coefficient (Wildman–Crippen LogP) is 3.53. The molecule has 0 aliphatic heterocycles. The normalized spacial score (nSPS) is 15.5. The molecule has 0 unspecified atom stereocenters. The first-order valence-electron chi connectivity index (χ1n) is 12.2. The molecule has 1 atom stereocenters. The van der Waals surface area contributed by atoms with E-state index in [0.29, 0.717) is 25.0 Å². The molecule has 1 saturated carbocycles. The van der Waals surface area contributed by atoms with Crippen LogP contribution in [0.25, 0.3) is 10.9 Å². The summed E-state index contributed by atoms with van der Waals surface area (Å²) in [6.07, 6.45) is 4.44. The highest BCUT2D eigenvalue weighted by Gasteiger charge is 2.35. The van der Waals surface area contributed by atoms with Gasteiger partial charge in [-0.15, -0.1) is 5.10 Å². The van der Waals surface area contributed by atoms with E-state index in [4.69, 9.17) is 4.74 Å². The van der Waals surface area contributed by atoms with Crippen molar-refractivity contribution in [3.05, 3.63) is 51.6 Å². The van der Waals surface area contributed by atoms with Crippen molar-refractivity contribution >= 4 is 16.9 Å². The van der Waals surface area contributed by atoms with Crippen LogP contribution in [-0.2, 0) is 22.6 Å². The minimum Gasteiger partial charge on any atom is -0.465 e. The molecule has 1 aliphatic carbocycles. The second-order valence-corrected chi connectivity index (χ2v) is 9.51. The van der Waals surface area contributed by atoms with Gasteiger partial charge < -0.3 is 9.72 Å². The van der Waals surface area contributed by atoms with Gasteiger partial charge in [-0.25, -0.2) is 4.68 Å². The van der Waals surface area contributed by atoms with Crippen LogP contribution in [0.4, 0.5) is 0 Å². The third kappa shape index (κ3) is 5.19. The number of aromatic nitrogens is 5. The summed E-state index contributed by atoms with van der Waals surface area (Å²) in [7, 11) is 0. The van der Waals surface area contributed by atoms with Crippen LogP contribution in [0, 0.1) is 12.8 Å². The number of aryl methyl sites for hydroxylation is 1. The highest BCUT2D eigenvalue weighted by atomic mass is 16.5. The topological polar surface area (TPSA) is 106 Å². The molecule has 9 nitrogen and oxygen atoms in total. The molecule has 9 heteroatoms. The maximum Gasteiger partial charge on any atom is 0.327 e. The molecule has 3 aromatic rings. The van der Waals surface area contributed by atoms with E-state index in [1.165, 1.54) is 0 Å². The fourth-order valence-corrected chi connectivity index (χ4v) is 5.07. The summed E-state index contributed by atoms with van der Waals surface area (Å²) < 4.78 is 6.66. The lowest BCUT2D eigenvalue weighted by Gasteiger charge is -2.37. The van der Waals surface area contributed by atoms with Crippen molar-refractivity contribution in [1.29, 1.82) is 0 Å². The van der Waals surface area contributed by atoms with E-state index < -0.39 is 0 Å². The molecule has 0 spiro atoms. The molecule has 0 saturated heterocycles.